The molecule has 0 aliphatic heterocycles. The Bertz CT molecular complexity index is 3540. The van der Waals surface area contributed by atoms with Crippen molar-refractivity contribution in [3.05, 3.63) is 191 Å². The number of aromatic hydroxyl groups is 1. The molecule has 9 aromatic rings. The summed E-state index contributed by atoms with van der Waals surface area (Å²) in [6.45, 7) is 31.6. The van der Waals surface area contributed by atoms with Crippen LogP contribution in [0.25, 0.3) is 83.9 Å². The number of aromatic nitrogens is 3. The molecule has 1 N–H and O–H groups in total. The Balaban J connectivity index is 1.21. The minimum Gasteiger partial charge on any atom is -0.507 e. The molecular formula is C67H69N3O. The van der Waals surface area contributed by atoms with Crippen LogP contribution in [0, 0.1) is 0 Å². The Hall–Kier alpha value is -7.04. The summed E-state index contributed by atoms with van der Waals surface area (Å²) < 4.78 is 2.30. The lowest BCUT2D eigenvalue weighted by atomic mass is 9.79. The maximum Gasteiger partial charge on any atom is 0.149 e. The number of hydrogen-bond acceptors (Lipinski definition) is 3. The van der Waals surface area contributed by atoms with E-state index in [1.807, 2.05) is 6.20 Å². The average molecular weight is 932 g/mol. The van der Waals surface area contributed by atoms with Crippen molar-refractivity contribution < 1.29 is 5.11 Å². The summed E-state index contributed by atoms with van der Waals surface area (Å²) in [6, 6.07) is 55.6. The van der Waals surface area contributed by atoms with Crippen LogP contribution >= 0.6 is 0 Å². The van der Waals surface area contributed by atoms with E-state index in [1.54, 1.807) is 0 Å². The fourth-order valence-electron chi connectivity index (χ4n) is 10.6. The van der Waals surface area contributed by atoms with Crippen LogP contribution in [0.5, 0.6) is 5.75 Å². The topological polar surface area (TPSA) is 50.9 Å². The molecule has 0 unspecified atom stereocenters. The van der Waals surface area contributed by atoms with Crippen LogP contribution in [0.15, 0.2) is 158 Å². The molecule has 0 bridgehead atoms. The second kappa shape index (κ2) is 16.8. The highest BCUT2D eigenvalue weighted by Gasteiger charge is 2.36. The van der Waals surface area contributed by atoms with Gasteiger partial charge in [-0.1, -0.05) is 194 Å². The van der Waals surface area contributed by atoms with Gasteiger partial charge in [0.1, 0.15) is 11.6 Å². The molecule has 7 aromatic carbocycles. The van der Waals surface area contributed by atoms with Gasteiger partial charge >= 0.3 is 0 Å². The van der Waals surface area contributed by atoms with Crippen molar-refractivity contribution in [3.63, 3.8) is 0 Å². The van der Waals surface area contributed by atoms with E-state index in [4.69, 9.17) is 9.97 Å². The Morgan fingerprint density at radius 2 is 1.06 bits per heavy atom. The van der Waals surface area contributed by atoms with Gasteiger partial charge in [-0.05, 0) is 137 Å². The van der Waals surface area contributed by atoms with Crippen molar-refractivity contribution in [2.75, 3.05) is 0 Å². The van der Waals surface area contributed by atoms with Gasteiger partial charge in [-0.3, -0.25) is 9.55 Å². The van der Waals surface area contributed by atoms with Crippen LogP contribution < -0.4 is 0 Å². The zero-order valence-electron chi connectivity index (χ0n) is 44.3. The van der Waals surface area contributed by atoms with E-state index < -0.39 is 0 Å². The summed E-state index contributed by atoms with van der Waals surface area (Å²) >= 11 is 0. The largest absolute Gasteiger partial charge is 0.507 e. The van der Waals surface area contributed by atoms with Gasteiger partial charge < -0.3 is 5.11 Å². The van der Waals surface area contributed by atoms with Gasteiger partial charge in [0.15, 0.2) is 0 Å². The number of nitrogens with zero attached hydrogens (tertiary/aromatic N) is 3. The lowest BCUT2D eigenvalue weighted by Gasteiger charge is -2.28. The highest BCUT2D eigenvalue weighted by Crippen LogP contribution is 2.50. The molecule has 0 atom stereocenters. The molecule has 10 rings (SSSR count). The Morgan fingerprint density at radius 3 is 1.76 bits per heavy atom. The van der Waals surface area contributed by atoms with Crippen LogP contribution in [-0.4, -0.2) is 19.6 Å². The third kappa shape index (κ3) is 8.49. The van der Waals surface area contributed by atoms with Crippen molar-refractivity contribution in [1.29, 1.82) is 0 Å². The van der Waals surface area contributed by atoms with Crippen LogP contribution in [0.4, 0.5) is 0 Å². The van der Waals surface area contributed by atoms with Gasteiger partial charge in [0, 0.05) is 33.9 Å². The predicted octanol–water partition coefficient (Wildman–Crippen LogP) is 18.0. The summed E-state index contributed by atoms with van der Waals surface area (Å²) in [5.74, 6) is 0.958. The number of rotatable bonds is 6. The van der Waals surface area contributed by atoms with Crippen LogP contribution in [0.1, 0.15) is 130 Å². The van der Waals surface area contributed by atoms with Crippen LogP contribution in [0.2, 0.25) is 0 Å². The molecule has 2 heterocycles. The number of phenolic OH excluding ortho intramolecular Hbond substituents is 1. The Kier molecular flexibility index (Phi) is 11.3. The molecule has 0 spiro atoms. The monoisotopic (exact) mass is 932 g/mol. The molecule has 1 aliphatic carbocycles. The molecule has 0 saturated carbocycles. The number of imidazole rings is 1. The smallest absolute Gasteiger partial charge is 0.149 e. The molecule has 0 amide bonds. The van der Waals surface area contributed by atoms with Crippen LogP contribution in [0.3, 0.4) is 0 Å². The molecule has 0 saturated heterocycles. The number of para-hydroxylation sites is 1. The standard InChI is InChI=1S/C67H69N3O/c1-63(2,3)46-28-30-58(52(38-46)41-21-16-15-17-22-41)70-59-26-20-24-49(60(59)69-62(70)53-39-48(65(7,8)9)40-56(61(53)71)66(10,11)12)44-33-45(35-47(34-44)64(4,5)6)57-37-43(31-32-68-57)42-27-29-51-50-23-18-19-25-54(50)67(13,14)55(51)36-42/h15-40,71H,1-14H3. The lowest BCUT2D eigenvalue weighted by molar-refractivity contribution is 0.446. The average Bonchev–Trinajstić information content (AvgIpc) is 3.82. The zero-order valence-corrected chi connectivity index (χ0v) is 44.3. The predicted molar refractivity (Wildman–Crippen MR) is 300 cm³/mol. The number of fused-ring (bicyclic) bond motifs is 4. The third-order valence-electron chi connectivity index (χ3n) is 15.0. The molecule has 358 valence electrons. The van der Waals surface area contributed by atoms with Crippen molar-refractivity contribution in [3.8, 4) is 78.6 Å². The first-order valence-electron chi connectivity index (χ1n) is 25.4. The van der Waals surface area contributed by atoms with E-state index in [1.165, 1.54) is 38.9 Å². The highest BCUT2D eigenvalue weighted by molar-refractivity contribution is 5.98. The fourth-order valence-corrected chi connectivity index (χ4v) is 10.6. The van der Waals surface area contributed by atoms with Crippen molar-refractivity contribution in [2.24, 2.45) is 0 Å². The minimum absolute atomic E-state index is 0.0786. The van der Waals surface area contributed by atoms with Gasteiger partial charge in [-0.25, -0.2) is 4.98 Å². The maximum atomic E-state index is 12.6. The second-order valence-electron chi connectivity index (χ2n) is 24.6. The van der Waals surface area contributed by atoms with Crippen molar-refractivity contribution in [2.45, 2.75) is 124 Å². The Labute approximate surface area is 422 Å². The van der Waals surface area contributed by atoms with Gasteiger partial charge in [-0.2, -0.15) is 0 Å². The summed E-state index contributed by atoms with van der Waals surface area (Å²) in [6.07, 6.45) is 1.95. The minimum atomic E-state index is -0.330. The molecule has 0 fully saturated rings. The van der Waals surface area contributed by atoms with E-state index in [9.17, 15) is 5.11 Å². The lowest BCUT2D eigenvalue weighted by Crippen LogP contribution is -2.17. The van der Waals surface area contributed by atoms with Gasteiger partial charge in [0.2, 0.25) is 0 Å². The second-order valence-corrected chi connectivity index (χ2v) is 24.6. The fraction of sp³-hybridized carbons (Fsp3) is 0.284. The molecule has 1 aliphatic rings. The van der Waals surface area contributed by atoms with E-state index in [2.05, 4.69) is 253 Å². The van der Waals surface area contributed by atoms with Gasteiger partial charge in [0.05, 0.1) is 28.0 Å². The van der Waals surface area contributed by atoms with E-state index in [0.29, 0.717) is 11.4 Å². The Morgan fingerprint density at radius 1 is 0.437 bits per heavy atom. The number of phenols is 1. The van der Waals surface area contributed by atoms with E-state index in [0.717, 1.165) is 66.9 Å². The summed E-state index contributed by atoms with van der Waals surface area (Å²) in [4.78, 5) is 10.8. The zero-order chi connectivity index (χ0) is 50.6. The first-order valence-corrected chi connectivity index (χ1v) is 25.4. The van der Waals surface area contributed by atoms with Crippen molar-refractivity contribution >= 4 is 11.0 Å². The van der Waals surface area contributed by atoms with E-state index in [-0.39, 0.29) is 32.8 Å². The van der Waals surface area contributed by atoms with E-state index >= 15 is 0 Å². The highest BCUT2D eigenvalue weighted by atomic mass is 16.3. The molecule has 71 heavy (non-hydrogen) atoms. The summed E-state index contributed by atoms with van der Waals surface area (Å²) in [7, 11) is 0. The number of hydrogen-bond donors (Lipinski definition) is 1. The summed E-state index contributed by atoms with van der Waals surface area (Å²) in [5.41, 5.74) is 21.1. The van der Waals surface area contributed by atoms with Crippen molar-refractivity contribution in [1.82, 2.24) is 14.5 Å². The first kappa shape index (κ1) is 47.6. The molecule has 2 aromatic heterocycles. The molecule has 4 nitrogen and oxygen atoms in total. The SMILES string of the molecule is CC(C)(C)c1cc(-c2cc(-c3ccc4c(c3)C(C)(C)c3ccccc3-4)ccn2)cc(-c2cccc3c2nc(-c2cc(C(C)(C)C)cc(C(C)(C)C)c2O)n3-c2ccc(C(C)(C)C)cc2-c2ccccc2)c1. The number of benzene rings is 7. The first-order chi connectivity index (χ1) is 33.4. The molecule has 4 heteroatoms. The normalized spacial score (nSPS) is 13.7. The quantitative estimate of drug-likeness (QED) is 0.181. The van der Waals surface area contributed by atoms with Crippen LogP contribution in [-0.2, 0) is 27.1 Å². The number of pyridine rings is 1. The summed E-state index contributed by atoms with van der Waals surface area (Å²) in [5, 5.41) is 12.6. The molecule has 0 radical (unpaired) electrons. The third-order valence-corrected chi connectivity index (χ3v) is 15.0. The maximum absolute atomic E-state index is 12.6. The van der Waals surface area contributed by atoms with Gasteiger partial charge in [-0.15, -0.1) is 0 Å². The molecular weight excluding hydrogens is 863 g/mol. The van der Waals surface area contributed by atoms with Gasteiger partial charge in [0.25, 0.3) is 0 Å².